The molecule has 4 rings (SSSR count). The van der Waals surface area contributed by atoms with Crippen molar-refractivity contribution in [3.63, 3.8) is 0 Å². The fourth-order valence-electron chi connectivity index (χ4n) is 3.76. The third kappa shape index (κ3) is 3.72. The molecule has 0 saturated carbocycles. The lowest BCUT2D eigenvalue weighted by Crippen LogP contribution is -2.42. The number of aryl methyl sites for hydroxylation is 1. The van der Waals surface area contributed by atoms with Gasteiger partial charge >= 0.3 is 0 Å². The summed E-state index contributed by atoms with van der Waals surface area (Å²) in [6.07, 6.45) is 2.92. The second-order valence-electron chi connectivity index (χ2n) is 6.89. The highest BCUT2D eigenvalue weighted by Crippen LogP contribution is 2.32. The van der Waals surface area contributed by atoms with E-state index < -0.39 is 0 Å². The maximum absolute atomic E-state index is 13.1. The number of ether oxygens (including phenoxy) is 1. The molecule has 28 heavy (non-hydrogen) atoms. The first kappa shape index (κ1) is 19.2. The maximum Gasteiger partial charge on any atom is 0.254 e. The summed E-state index contributed by atoms with van der Waals surface area (Å²) in [5.74, 6) is -0.114. The van der Waals surface area contributed by atoms with Gasteiger partial charge in [0.25, 0.3) is 5.91 Å². The van der Waals surface area contributed by atoms with Crippen molar-refractivity contribution in [2.24, 2.45) is 0 Å². The fraction of sp³-hybridized carbons (Fsp3) is 0.333. The van der Waals surface area contributed by atoms with E-state index in [1.165, 1.54) is 17.4 Å². The minimum atomic E-state index is -0.145. The Kier molecular flexibility index (Phi) is 5.53. The number of halogens is 1. The quantitative estimate of drug-likeness (QED) is 0.708. The third-order valence-corrected chi connectivity index (χ3v) is 6.47. The van der Waals surface area contributed by atoms with Gasteiger partial charge in [-0.15, -0.1) is 11.3 Å². The van der Waals surface area contributed by atoms with Crippen molar-refractivity contribution in [2.45, 2.75) is 18.9 Å². The van der Waals surface area contributed by atoms with E-state index in [1.807, 2.05) is 35.2 Å². The summed E-state index contributed by atoms with van der Waals surface area (Å²) >= 11 is 7.52. The summed E-state index contributed by atoms with van der Waals surface area (Å²) in [6.45, 7) is 5.83. The van der Waals surface area contributed by atoms with Gasteiger partial charge in [0.1, 0.15) is 6.10 Å². The number of amides is 2. The first-order valence-corrected chi connectivity index (χ1v) is 10.5. The Bertz CT molecular complexity index is 926. The molecular formula is C21H21ClN2O3S. The standard InChI is InChI=1S/C21H21ClN2O3S/c1-2-20(25)24-9-3-4-14-12-15(5-6-16(14)24)21(26)23-10-11-27-17(13-23)18-7-8-19(22)28-18/h2,5-8,12,17H,1,3-4,9-11,13H2. The Hall–Kier alpha value is -2.15. The Balaban J connectivity index is 1.53. The summed E-state index contributed by atoms with van der Waals surface area (Å²) in [6, 6.07) is 9.41. The molecule has 0 spiro atoms. The van der Waals surface area contributed by atoms with Gasteiger partial charge in [-0.25, -0.2) is 0 Å². The number of fused-ring (bicyclic) bond motifs is 1. The van der Waals surface area contributed by atoms with Gasteiger partial charge in [-0.3, -0.25) is 9.59 Å². The van der Waals surface area contributed by atoms with Crippen LogP contribution in [0.15, 0.2) is 43.0 Å². The zero-order chi connectivity index (χ0) is 19.7. The van der Waals surface area contributed by atoms with Crippen molar-refractivity contribution < 1.29 is 14.3 Å². The average molecular weight is 417 g/mol. The van der Waals surface area contributed by atoms with Gasteiger partial charge in [-0.2, -0.15) is 0 Å². The van der Waals surface area contributed by atoms with Crippen LogP contribution in [0.25, 0.3) is 0 Å². The third-order valence-electron chi connectivity index (χ3n) is 5.15. The van der Waals surface area contributed by atoms with E-state index >= 15 is 0 Å². The molecule has 1 saturated heterocycles. The molecule has 2 aliphatic heterocycles. The molecule has 1 aromatic heterocycles. The van der Waals surface area contributed by atoms with Crippen molar-refractivity contribution in [3.8, 4) is 0 Å². The van der Waals surface area contributed by atoms with Gasteiger partial charge in [0.05, 0.1) is 17.5 Å². The Morgan fingerprint density at radius 3 is 2.86 bits per heavy atom. The van der Waals surface area contributed by atoms with Gasteiger partial charge in [-0.05, 0) is 54.8 Å². The van der Waals surface area contributed by atoms with Crippen molar-refractivity contribution >= 4 is 40.4 Å². The van der Waals surface area contributed by atoms with Gasteiger partial charge in [0.15, 0.2) is 0 Å². The molecule has 2 aliphatic rings. The molecule has 5 nitrogen and oxygen atoms in total. The van der Waals surface area contributed by atoms with E-state index in [0.29, 0.717) is 31.8 Å². The van der Waals surface area contributed by atoms with Crippen LogP contribution in [0.1, 0.15) is 33.3 Å². The highest BCUT2D eigenvalue weighted by molar-refractivity contribution is 7.16. The van der Waals surface area contributed by atoms with Gasteiger partial charge in [-0.1, -0.05) is 18.2 Å². The molecular weight excluding hydrogens is 396 g/mol. The van der Waals surface area contributed by atoms with Crippen LogP contribution in [0.2, 0.25) is 4.34 Å². The van der Waals surface area contributed by atoms with E-state index in [9.17, 15) is 9.59 Å². The zero-order valence-corrected chi connectivity index (χ0v) is 17.0. The maximum atomic E-state index is 13.1. The lowest BCUT2D eigenvalue weighted by atomic mass is 9.98. The molecule has 0 radical (unpaired) electrons. The topological polar surface area (TPSA) is 49.9 Å². The number of thiophene rings is 1. The molecule has 1 fully saturated rings. The van der Waals surface area contributed by atoms with Crippen molar-refractivity contribution in [3.05, 3.63) is 63.3 Å². The predicted octanol–water partition coefficient (Wildman–Crippen LogP) is 4.08. The van der Waals surface area contributed by atoms with E-state index in [1.54, 1.807) is 4.90 Å². The molecule has 1 aromatic carbocycles. The van der Waals surface area contributed by atoms with Crippen LogP contribution >= 0.6 is 22.9 Å². The van der Waals surface area contributed by atoms with E-state index in [4.69, 9.17) is 16.3 Å². The normalized spacial score (nSPS) is 19.2. The highest BCUT2D eigenvalue weighted by Gasteiger charge is 2.28. The number of morpholine rings is 1. The summed E-state index contributed by atoms with van der Waals surface area (Å²) < 4.78 is 6.56. The monoisotopic (exact) mass is 416 g/mol. The Morgan fingerprint density at radius 2 is 2.11 bits per heavy atom. The van der Waals surface area contributed by atoms with Gasteiger partial charge in [0, 0.05) is 29.2 Å². The number of hydrogen-bond acceptors (Lipinski definition) is 4. The predicted molar refractivity (Wildman–Crippen MR) is 111 cm³/mol. The number of carbonyl (C=O) groups excluding carboxylic acids is 2. The second kappa shape index (κ2) is 8.07. The van der Waals surface area contributed by atoms with Crippen LogP contribution in [-0.4, -0.2) is 43.0 Å². The molecule has 146 valence electrons. The molecule has 0 N–H and O–H groups in total. The molecule has 2 amide bonds. The zero-order valence-electron chi connectivity index (χ0n) is 15.4. The first-order chi connectivity index (χ1) is 13.6. The van der Waals surface area contributed by atoms with Crippen LogP contribution in [-0.2, 0) is 16.0 Å². The number of carbonyl (C=O) groups is 2. The minimum Gasteiger partial charge on any atom is -0.369 e. The van der Waals surface area contributed by atoms with E-state index in [0.717, 1.165) is 33.3 Å². The van der Waals surface area contributed by atoms with E-state index in [2.05, 4.69) is 6.58 Å². The average Bonchev–Trinajstić information content (AvgIpc) is 3.18. The fourth-order valence-corrected chi connectivity index (χ4v) is 4.86. The van der Waals surface area contributed by atoms with Gasteiger partial charge < -0.3 is 14.5 Å². The molecule has 0 bridgehead atoms. The summed E-state index contributed by atoms with van der Waals surface area (Å²) in [5, 5.41) is 0. The van der Waals surface area contributed by atoms with Crippen LogP contribution in [0.4, 0.5) is 5.69 Å². The van der Waals surface area contributed by atoms with Crippen LogP contribution in [0.3, 0.4) is 0 Å². The van der Waals surface area contributed by atoms with Crippen LogP contribution in [0.5, 0.6) is 0 Å². The largest absolute Gasteiger partial charge is 0.369 e. The Morgan fingerprint density at radius 1 is 1.25 bits per heavy atom. The lowest BCUT2D eigenvalue weighted by molar-refractivity contribution is -0.114. The minimum absolute atomic E-state index is 0.00840. The lowest BCUT2D eigenvalue weighted by Gasteiger charge is -2.33. The van der Waals surface area contributed by atoms with Crippen molar-refractivity contribution in [1.29, 1.82) is 0 Å². The number of anilines is 1. The summed E-state index contributed by atoms with van der Waals surface area (Å²) in [4.78, 5) is 29.8. The van der Waals surface area contributed by atoms with Crippen LogP contribution < -0.4 is 4.90 Å². The number of benzene rings is 1. The number of nitrogens with zero attached hydrogens (tertiary/aromatic N) is 2. The molecule has 0 aliphatic carbocycles. The highest BCUT2D eigenvalue weighted by atomic mass is 35.5. The first-order valence-electron chi connectivity index (χ1n) is 9.30. The molecule has 7 heteroatoms. The SMILES string of the molecule is C=CC(=O)N1CCCc2cc(C(=O)N3CCOC(c4ccc(Cl)s4)C3)ccc21. The van der Waals surface area contributed by atoms with E-state index in [-0.39, 0.29) is 17.9 Å². The number of rotatable bonds is 3. The molecule has 1 atom stereocenters. The van der Waals surface area contributed by atoms with Crippen molar-refractivity contribution in [1.82, 2.24) is 4.90 Å². The van der Waals surface area contributed by atoms with Crippen molar-refractivity contribution in [2.75, 3.05) is 31.1 Å². The Labute approximate surface area is 173 Å². The van der Waals surface area contributed by atoms with Gasteiger partial charge in [0.2, 0.25) is 5.91 Å². The number of hydrogen-bond donors (Lipinski definition) is 0. The second-order valence-corrected chi connectivity index (χ2v) is 8.64. The summed E-state index contributed by atoms with van der Waals surface area (Å²) in [7, 11) is 0. The molecule has 2 aromatic rings. The smallest absolute Gasteiger partial charge is 0.254 e. The molecule has 3 heterocycles. The van der Waals surface area contributed by atoms with Crippen LogP contribution in [0, 0.1) is 0 Å². The summed E-state index contributed by atoms with van der Waals surface area (Å²) in [5.41, 5.74) is 2.56. The molecule has 1 unspecified atom stereocenters.